The molecule has 1 N–H and O–H groups in total. The maximum atomic E-state index is 12.6. The third-order valence-electron chi connectivity index (χ3n) is 5.71. The van der Waals surface area contributed by atoms with Gasteiger partial charge in [-0.3, -0.25) is 4.79 Å². The second-order valence-electron chi connectivity index (χ2n) is 7.96. The maximum Gasteiger partial charge on any atom is 0.223 e. The molecule has 0 aliphatic carbocycles. The van der Waals surface area contributed by atoms with Crippen molar-refractivity contribution in [3.63, 3.8) is 0 Å². The van der Waals surface area contributed by atoms with Gasteiger partial charge >= 0.3 is 0 Å². The Balaban J connectivity index is 1.34. The van der Waals surface area contributed by atoms with Gasteiger partial charge in [-0.1, -0.05) is 60.7 Å². The molecule has 0 spiro atoms. The van der Waals surface area contributed by atoms with E-state index in [1.807, 2.05) is 48.5 Å². The lowest BCUT2D eigenvalue weighted by atomic mass is 9.97. The van der Waals surface area contributed by atoms with Crippen LogP contribution >= 0.6 is 0 Å². The van der Waals surface area contributed by atoms with E-state index in [0.717, 1.165) is 24.8 Å². The molecule has 0 saturated carbocycles. The summed E-state index contributed by atoms with van der Waals surface area (Å²) in [7, 11) is -3.25. The first-order valence-corrected chi connectivity index (χ1v) is 12.5. The van der Waals surface area contributed by atoms with E-state index in [4.69, 9.17) is 0 Å². The first-order valence-electron chi connectivity index (χ1n) is 10.9. The molecule has 1 saturated heterocycles. The van der Waals surface area contributed by atoms with Crippen LogP contribution in [0.3, 0.4) is 0 Å². The van der Waals surface area contributed by atoms with Gasteiger partial charge in [-0.25, -0.2) is 12.7 Å². The Bertz CT molecular complexity index is 877. The third kappa shape index (κ3) is 6.96. The van der Waals surface area contributed by atoms with Crippen LogP contribution in [0.1, 0.15) is 36.8 Å². The van der Waals surface area contributed by atoms with E-state index in [9.17, 15) is 13.2 Å². The van der Waals surface area contributed by atoms with Crippen molar-refractivity contribution in [3.05, 3.63) is 71.8 Å². The van der Waals surface area contributed by atoms with E-state index in [0.29, 0.717) is 38.9 Å². The van der Waals surface area contributed by atoms with Gasteiger partial charge in [0.25, 0.3) is 0 Å². The van der Waals surface area contributed by atoms with Gasteiger partial charge < -0.3 is 5.32 Å². The number of hydrogen-bond acceptors (Lipinski definition) is 3. The normalized spacial score (nSPS) is 15.7. The molecule has 1 aliphatic heterocycles. The van der Waals surface area contributed by atoms with Crippen molar-refractivity contribution in [2.45, 2.75) is 38.5 Å². The Morgan fingerprint density at radius 2 is 1.40 bits per heavy atom. The summed E-state index contributed by atoms with van der Waals surface area (Å²) in [4.78, 5) is 12.4. The van der Waals surface area contributed by atoms with Crippen molar-refractivity contribution in [3.8, 4) is 0 Å². The largest absolute Gasteiger partial charge is 0.356 e. The fourth-order valence-corrected chi connectivity index (χ4v) is 5.46. The van der Waals surface area contributed by atoms with E-state index in [1.165, 1.54) is 5.56 Å². The summed E-state index contributed by atoms with van der Waals surface area (Å²) in [5.74, 6) is 0.139. The third-order valence-corrected chi connectivity index (χ3v) is 7.67. The molecule has 0 radical (unpaired) electrons. The number of amides is 1. The highest BCUT2D eigenvalue weighted by Gasteiger charge is 2.30. The second-order valence-corrected chi connectivity index (χ2v) is 10.0. The molecule has 1 amide bonds. The van der Waals surface area contributed by atoms with Gasteiger partial charge in [0, 0.05) is 25.6 Å². The minimum Gasteiger partial charge on any atom is -0.356 e. The van der Waals surface area contributed by atoms with E-state index in [1.54, 1.807) is 4.31 Å². The number of sulfonamides is 1. The number of carbonyl (C=O) groups excluding carboxylic acids is 1. The average molecular weight is 429 g/mol. The summed E-state index contributed by atoms with van der Waals surface area (Å²) in [5, 5.41) is 3.02. The molecule has 0 atom stereocenters. The lowest BCUT2D eigenvalue weighted by Crippen LogP contribution is -2.43. The molecule has 6 heteroatoms. The maximum absolute atomic E-state index is 12.6. The number of nitrogens with zero attached hydrogens (tertiary/aromatic N) is 1. The number of hydrogen-bond donors (Lipinski definition) is 1. The zero-order chi connectivity index (χ0) is 21.2. The van der Waals surface area contributed by atoms with E-state index in [2.05, 4.69) is 17.4 Å². The van der Waals surface area contributed by atoms with Gasteiger partial charge in [-0.15, -0.1) is 0 Å². The van der Waals surface area contributed by atoms with Crippen LogP contribution in [0.5, 0.6) is 0 Å². The van der Waals surface area contributed by atoms with Crippen LogP contribution < -0.4 is 5.32 Å². The predicted molar refractivity (Wildman–Crippen MR) is 121 cm³/mol. The minimum absolute atomic E-state index is 0.0594. The second kappa shape index (κ2) is 11.3. The fourth-order valence-electron chi connectivity index (χ4n) is 3.92. The molecule has 0 aromatic heterocycles. The topological polar surface area (TPSA) is 66.5 Å². The average Bonchev–Trinajstić information content (AvgIpc) is 2.78. The molecular weight excluding hydrogens is 396 g/mol. The molecule has 0 unspecified atom stereocenters. The summed E-state index contributed by atoms with van der Waals surface area (Å²) in [6.07, 6.45) is 4.44. The number of piperidine rings is 1. The Morgan fingerprint density at radius 1 is 0.867 bits per heavy atom. The lowest BCUT2D eigenvalue weighted by Gasteiger charge is -2.30. The minimum atomic E-state index is -3.25. The Hall–Kier alpha value is -2.18. The number of rotatable bonds is 10. The van der Waals surface area contributed by atoms with Gasteiger partial charge in [0.1, 0.15) is 0 Å². The van der Waals surface area contributed by atoms with Crippen molar-refractivity contribution in [2.75, 3.05) is 25.4 Å². The van der Waals surface area contributed by atoms with E-state index < -0.39 is 10.0 Å². The van der Waals surface area contributed by atoms with Crippen molar-refractivity contribution in [2.24, 2.45) is 5.92 Å². The Morgan fingerprint density at radius 3 is 1.97 bits per heavy atom. The van der Waals surface area contributed by atoms with Crippen LogP contribution in [0, 0.1) is 5.92 Å². The molecule has 1 fully saturated rings. The van der Waals surface area contributed by atoms with Crippen LogP contribution in [-0.4, -0.2) is 44.0 Å². The van der Waals surface area contributed by atoms with Crippen LogP contribution in [-0.2, 0) is 27.7 Å². The molecule has 5 nitrogen and oxygen atoms in total. The lowest BCUT2D eigenvalue weighted by molar-refractivity contribution is -0.126. The summed E-state index contributed by atoms with van der Waals surface area (Å²) in [5.41, 5.74) is 2.44. The van der Waals surface area contributed by atoms with Crippen molar-refractivity contribution < 1.29 is 13.2 Å². The van der Waals surface area contributed by atoms with Crippen LogP contribution in [0.15, 0.2) is 60.7 Å². The highest BCUT2D eigenvalue weighted by molar-refractivity contribution is 7.89. The summed E-state index contributed by atoms with van der Waals surface area (Å²) in [6, 6.07) is 20.2. The van der Waals surface area contributed by atoms with Crippen LogP contribution in [0.2, 0.25) is 0 Å². The van der Waals surface area contributed by atoms with Gasteiger partial charge in [-0.05, 0) is 49.7 Å². The first-order chi connectivity index (χ1) is 14.5. The quantitative estimate of drug-likeness (QED) is 0.590. The van der Waals surface area contributed by atoms with Crippen molar-refractivity contribution in [1.82, 2.24) is 9.62 Å². The molecule has 162 valence electrons. The van der Waals surface area contributed by atoms with Gasteiger partial charge in [0.05, 0.1) is 5.75 Å². The molecule has 2 aromatic carbocycles. The van der Waals surface area contributed by atoms with Crippen LogP contribution in [0.25, 0.3) is 0 Å². The summed E-state index contributed by atoms with van der Waals surface area (Å²) >= 11 is 0. The Kier molecular flexibility index (Phi) is 8.46. The molecular formula is C24H32N2O3S. The molecule has 30 heavy (non-hydrogen) atoms. The standard InChI is InChI=1S/C24H32N2O3S/c27-24(25-17-7-13-21-9-3-1-4-10-21)23-15-18-26(19-16-23)30(28,29)20-8-14-22-11-5-2-6-12-22/h1-6,9-12,23H,7-8,13-20H2,(H,25,27). The van der Waals surface area contributed by atoms with Crippen LogP contribution in [0.4, 0.5) is 0 Å². The Labute approximate surface area is 180 Å². The number of carbonyl (C=O) groups is 1. The molecule has 0 bridgehead atoms. The van der Waals surface area contributed by atoms with Gasteiger partial charge in [0.2, 0.25) is 15.9 Å². The highest BCUT2D eigenvalue weighted by Crippen LogP contribution is 2.21. The monoisotopic (exact) mass is 428 g/mol. The van der Waals surface area contributed by atoms with Crippen molar-refractivity contribution >= 4 is 15.9 Å². The highest BCUT2D eigenvalue weighted by atomic mass is 32.2. The number of aryl methyl sites for hydroxylation is 2. The first kappa shape index (κ1) is 22.5. The number of nitrogens with one attached hydrogen (secondary N) is 1. The summed E-state index contributed by atoms with van der Waals surface area (Å²) < 4.78 is 26.8. The van der Waals surface area contributed by atoms with Gasteiger partial charge in [-0.2, -0.15) is 0 Å². The fraction of sp³-hybridized carbons (Fsp3) is 0.458. The smallest absolute Gasteiger partial charge is 0.223 e. The molecule has 2 aromatic rings. The molecule has 1 aliphatic rings. The van der Waals surface area contributed by atoms with E-state index in [-0.39, 0.29) is 17.6 Å². The predicted octanol–water partition coefficient (Wildman–Crippen LogP) is 3.41. The zero-order valence-corrected chi connectivity index (χ0v) is 18.3. The molecule has 3 rings (SSSR count). The number of benzene rings is 2. The molecule has 1 heterocycles. The van der Waals surface area contributed by atoms with Gasteiger partial charge in [0.15, 0.2) is 0 Å². The zero-order valence-electron chi connectivity index (χ0n) is 17.5. The van der Waals surface area contributed by atoms with E-state index >= 15 is 0 Å². The summed E-state index contributed by atoms with van der Waals surface area (Å²) in [6.45, 7) is 1.54. The SMILES string of the molecule is O=C(NCCCc1ccccc1)C1CCN(S(=O)(=O)CCCc2ccccc2)CC1. The van der Waals surface area contributed by atoms with Crippen molar-refractivity contribution in [1.29, 1.82) is 0 Å².